The highest BCUT2D eigenvalue weighted by molar-refractivity contribution is 5.94. The maximum Gasteiger partial charge on any atom is 0.431 e. The van der Waals surface area contributed by atoms with Crippen LogP contribution in [0.5, 0.6) is 0 Å². The molecular weight excluding hydrogens is 379 g/mol. The smallest absolute Gasteiger partial charge is 0.351 e. The lowest BCUT2D eigenvalue weighted by molar-refractivity contribution is -0.140. The number of aromatic nitrogens is 2. The summed E-state index contributed by atoms with van der Waals surface area (Å²) in [6, 6.07) is 19.0. The van der Waals surface area contributed by atoms with Crippen molar-refractivity contribution in [3.8, 4) is 11.3 Å². The number of carbonyl (C=O) groups is 1. The summed E-state index contributed by atoms with van der Waals surface area (Å²) >= 11 is 0. The van der Waals surface area contributed by atoms with E-state index in [1.807, 2.05) is 30.3 Å². The summed E-state index contributed by atoms with van der Waals surface area (Å²) in [7, 11) is 0. The van der Waals surface area contributed by atoms with Gasteiger partial charge in [0.15, 0.2) is 0 Å². The van der Waals surface area contributed by atoms with Crippen molar-refractivity contribution in [2.75, 3.05) is 0 Å². The van der Waals surface area contributed by atoms with E-state index in [2.05, 4.69) is 15.3 Å². The average Bonchev–Trinajstić information content (AvgIpc) is 3.17. The van der Waals surface area contributed by atoms with Crippen LogP contribution < -0.4 is 5.32 Å². The fourth-order valence-electron chi connectivity index (χ4n) is 3.04. The molecule has 0 radical (unpaired) electrons. The third-order valence-electron chi connectivity index (χ3n) is 4.54. The Morgan fingerprint density at radius 3 is 2.48 bits per heavy atom. The quantitative estimate of drug-likeness (QED) is 0.500. The summed E-state index contributed by atoms with van der Waals surface area (Å²) in [6.07, 6.45) is -2.92. The lowest BCUT2D eigenvalue weighted by atomic mass is 10.1. The first-order chi connectivity index (χ1) is 13.9. The van der Waals surface area contributed by atoms with E-state index in [-0.39, 0.29) is 12.5 Å². The van der Waals surface area contributed by atoms with Gasteiger partial charge in [0, 0.05) is 29.2 Å². The predicted octanol–water partition coefficient (Wildman–Crippen LogP) is 5.18. The third-order valence-corrected chi connectivity index (χ3v) is 4.54. The van der Waals surface area contributed by atoms with Crippen LogP contribution >= 0.6 is 0 Å². The number of alkyl halides is 3. The van der Waals surface area contributed by atoms with Crippen molar-refractivity contribution in [1.29, 1.82) is 0 Å². The van der Waals surface area contributed by atoms with Gasteiger partial charge in [0.2, 0.25) is 0 Å². The number of halogens is 3. The molecule has 0 unspecified atom stereocenters. The van der Waals surface area contributed by atoms with Crippen molar-refractivity contribution >= 4 is 16.8 Å². The second-order valence-corrected chi connectivity index (χ2v) is 6.58. The van der Waals surface area contributed by atoms with Gasteiger partial charge in [0.1, 0.15) is 5.69 Å². The molecular formula is C22H16F3N3O. The number of fused-ring (bicyclic) bond motifs is 1. The lowest BCUT2D eigenvalue weighted by Gasteiger charge is -2.07. The number of amides is 1. The van der Waals surface area contributed by atoms with Gasteiger partial charge in [-0.25, -0.2) is 0 Å². The molecule has 4 aromatic rings. The number of nitrogens with zero attached hydrogens (tertiary/aromatic N) is 1. The Bertz CT molecular complexity index is 1150. The van der Waals surface area contributed by atoms with Crippen LogP contribution in [0.25, 0.3) is 22.2 Å². The fourth-order valence-corrected chi connectivity index (χ4v) is 3.04. The summed E-state index contributed by atoms with van der Waals surface area (Å²) in [5.41, 5.74) is 2.43. The Morgan fingerprint density at radius 2 is 1.79 bits per heavy atom. The summed E-state index contributed by atoms with van der Waals surface area (Å²) in [5.74, 6) is -0.303. The fraction of sp³-hybridized carbons (Fsp3) is 0.0909. The molecule has 0 saturated carbocycles. The molecule has 0 atom stereocenters. The van der Waals surface area contributed by atoms with Crippen LogP contribution in [0.2, 0.25) is 0 Å². The summed E-state index contributed by atoms with van der Waals surface area (Å²) in [6.45, 7) is 0.196. The van der Waals surface area contributed by atoms with Crippen molar-refractivity contribution < 1.29 is 18.0 Å². The molecule has 0 bridgehead atoms. The number of pyridine rings is 1. The van der Waals surface area contributed by atoms with E-state index in [4.69, 9.17) is 0 Å². The maximum atomic E-state index is 12.8. The second kappa shape index (κ2) is 7.43. The van der Waals surface area contributed by atoms with Crippen LogP contribution in [0.15, 0.2) is 72.9 Å². The highest BCUT2D eigenvalue weighted by Gasteiger charge is 2.32. The van der Waals surface area contributed by atoms with E-state index < -0.39 is 11.9 Å². The van der Waals surface area contributed by atoms with Crippen LogP contribution in [0.3, 0.4) is 0 Å². The minimum atomic E-state index is -4.42. The second-order valence-electron chi connectivity index (χ2n) is 6.58. The topological polar surface area (TPSA) is 57.8 Å². The van der Waals surface area contributed by atoms with Gasteiger partial charge in [-0.05, 0) is 35.9 Å². The SMILES string of the molecule is O=C(NCc1ccc2[nH]c(C(F)(F)F)cc2c1)c1ccc(-c2ccccc2)nc1. The number of aromatic amines is 1. The molecule has 0 aliphatic heterocycles. The summed E-state index contributed by atoms with van der Waals surface area (Å²) < 4.78 is 38.4. The normalized spacial score (nSPS) is 11.6. The Kier molecular flexibility index (Phi) is 4.80. The van der Waals surface area contributed by atoms with E-state index in [1.165, 1.54) is 6.20 Å². The average molecular weight is 395 g/mol. The van der Waals surface area contributed by atoms with E-state index in [1.54, 1.807) is 30.3 Å². The molecule has 4 nitrogen and oxygen atoms in total. The van der Waals surface area contributed by atoms with Crippen LogP contribution in [-0.4, -0.2) is 15.9 Å². The number of benzene rings is 2. The molecule has 0 aliphatic rings. The molecule has 4 rings (SSSR count). The van der Waals surface area contributed by atoms with Crippen LogP contribution in [0.1, 0.15) is 21.6 Å². The van der Waals surface area contributed by atoms with Gasteiger partial charge in [-0.3, -0.25) is 9.78 Å². The standard InChI is InChI=1S/C22H16F3N3O/c23-22(24,25)20-11-17-10-14(6-8-19(17)28-20)12-27-21(29)16-7-9-18(26-13-16)15-4-2-1-3-5-15/h1-11,13,28H,12H2,(H,27,29). The van der Waals surface area contributed by atoms with E-state index in [9.17, 15) is 18.0 Å². The molecule has 0 saturated heterocycles. The molecule has 2 aromatic heterocycles. The van der Waals surface area contributed by atoms with Gasteiger partial charge in [-0.2, -0.15) is 13.2 Å². The predicted molar refractivity (Wildman–Crippen MR) is 104 cm³/mol. The first-order valence-electron chi connectivity index (χ1n) is 8.89. The zero-order chi connectivity index (χ0) is 20.4. The molecule has 2 aromatic carbocycles. The third kappa shape index (κ3) is 4.13. The maximum absolute atomic E-state index is 12.8. The highest BCUT2D eigenvalue weighted by atomic mass is 19.4. The zero-order valence-electron chi connectivity index (χ0n) is 15.1. The van der Waals surface area contributed by atoms with Crippen LogP contribution in [0, 0.1) is 0 Å². The van der Waals surface area contributed by atoms with Gasteiger partial charge in [-0.1, -0.05) is 36.4 Å². The minimum Gasteiger partial charge on any atom is -0.351 e. The number of hydrogen-bond acceptors (Lipinski definition) is 2. The summed E-state index contributed by atoms with van der Waals surface area (Å²) in [4.78, 5) is 19.0. The highest BCUT2D eigenvalue weighted by Crippen LogP contribution is 2.31. The van der Waals surface area contributed by atoms with Gasteiger partial charge >= 0.3 is 6.18 Å². The van der Waals surface area contributed by atoms with Crippen molar-refractivity contribution in [3.63, 3.8) is 0 Å². The Balaban J connectivity index is 1.44. The minimum absolute atomic E-state index is 0.196. The largest absolute Gasteiger partial charge is 0.431 e. The van der Waals surface area contributed by atoms with Gasteiger partial charge < -0.3 is 10.3 Å². The molecule has 0 aliphatic carbocycles. The molecule has 0 spiro atoms. The molecule has 29 heavy (non-hydrogen) atoms. The molecule has 2 N–H and O–H groups in total. The van der Waals surface area contributed by atoms with Crippen molar-refractivity contribution in [2.45, 2.75) is 12.7 Å². The van der Waals surface area contributed by atoms with Gasteiger partial charge in [-0.15, -0.1) is 0 Å². The molecule has 1 amide bonds. The van der Waals surface area contributed by atoms with Crippen LogP contribution in [-0.2, 0) is 12.7 Å². The molecule has 146 valence electrons. The number of nitrogens with one attached hydrogen (secondary N) is 2. The van der Waals surface area contributed by atoms with E-state index in [0.717, 1.165) is 17.3 Å². The Hall–Kier alpha value is -3.61. The number of rotatable bonds is 4. The Morgan fingerprint density at radius 1 is 1.00 bits per heavy atom. The first kappa shape index (κ1) is 18.7. The molecule has 2 heterocycles. The number of H-pyrrole nitrogens is 1. The summed E-state index contributed by atoms with van der Waals surface area (Å²) in [5, 5.41) is 3.21. The van der Waals surface area contributed by atoms with E-state index in [0.29, 0.717) is 22.0 Å². The van der Waals surface area contributed by atoms with Gasteiger partial charge in [0.05, 0.1) is 11.3 Å². The number of carbonyl (C=O) groups excluding carboxylic acids is 1. The molecule has 0 fully saturated rings. The monoisotopic (exact) mass is 395 g/mol. The number of hydrogen-bond donors (Lipinski definition) is 2. The van der Waals surface area contributed by atoms with Crippen LogP contribution in [0.4, 0.5) is 13.2 Å². The van der Waals surface area contributed by atoms with Crippen molar-refractivity contribution in [3.05, 3.63) is 89.7 Å². The van der Waals surface area contributed by atoms with Crippen molar-refractivity contribution in [2.24, 2.45) is 0 Å². The zero-order valence-corrected chi connectivity index (χ0v) is 15.1. The first-order valence-corrected chi connectivity index (χ1v) is 8.89. The molecule has 7 heteroatoms. The lowest BCUT2D eigenvalue weighted by Crippen LogP contribution is -2.22. The van der Waals surface area contributed by atoms with Crippen molar-refractivity contribution in [1.82, 2.24) is 15.3 Å². The Labute approximate surface area is 164 Å². The van der Waals surface area contributed by atoms with E-state index >= 15 is 0 Å². The van der Waals surface area contributed by atoms with Gasteiger partial charge in [0.25, 0.3) is 5.91 Å².